The molecule has 0 bridgehead atoms. The highest BCUT2D eigenvalue weighted by molar-refractivity contribution is 5.87. The monoisotopic (exact) mass is 326 g/mol. The molecule has 1 aliphatic rings. The molecule has 1 saturated heterocycles. The average molecular weight is 326 g/mol. The Morgan fingerprint density at radius 2 is 2.17 bits per heavy atom. The molecule has 6 heteroatoms. The van der Waals surface area contributed by atoms with Gasteiger partial charge in [-0.2, -0.15) is 0 Å². The molecule has 0 aromatic heterocycles. The number of epoxide rings is 1. The zero-order valence-electron chi connectivity index (χ0n) is 13.2. The van der Waals surface area contributed by atoms with Gasteiger partial charge in [0.2, 0.25) is 0 Å². The van der Waals surface area contributed by atoms with Gasteiger partial charge < -0.3 is 14.2 Å². The van der Waals surface area contributed by atoms with E-state index in [1.807, 2.05) is 6.92 Å². The number of esters is 1. The van der Waals surface area contributed by atoms with E-state index < -0.39 is 23.7 Å². The van der Waals surface area contributed by atoms with E-state index in [0.717, 1.165) is 12.1 Å². The smallest absolute Gasteiger partial charge is 0.330 e. The number of benzene rings is 1. The Morgan fingerprint density at radius 3 is 2.78 bits per heavy atom. The fourth-order valence-corrected chi connectivity index (χ4v) is 2.20. The maximum absolute atomic E-state index is 14.1. The van der Waals surface area contributed by atoms with Gasteiger partial charge in [0, 0.05) is 17.7 Å². The lowest BCUT2D eigenvalue weighted by molar-refractivity contribution is -0.137. The lowest BCUT2D eigenvalue weighted by Gasteiger charge is -2.19. The van der Waals surface area contributed by atoms with Crippen molar-refractivity contribution in [3.8, 4) is 0 Å². The summed E-state index contributed by atoms with van der Waals surface area (Å²) < 4.78 is 43.3. The van der Waals surface area contributed by atoms with Gasteiger partial charge in [0.25, 0.3) is 0 Å². The molecule has 1 fully saturated rings. The summed E-state index contributed by atoms with van der Waals surface area (Å²) in [7, 11) is 0. The van der Waals surface area contributed by atoms with E-state index in [9.17, 15) is 13.6 Å². The molecule has 0 radical (unpaired) electrons. The van der Waals surface area contributed by atoms with Crippen molar-refractivity contribution in [2.45, 2.75) is 32.5 Å². The molecular weight excluding hydrogens is 306 g/mol. The summed E-state index contributed by atoms with van der Waals surface area (Å²) in [5.74, 6) is -2.01. The predicted molar refractivity (Wildman–Crippen MR) is 80.7 cm³/mol. The second kappa shape index (κ2) is 8.17. The third-order valence-electron chi connectivity index (χ3n) is 3.40. The van der Waals surface area contributed by atoms with Crippen molar-refractivity contribution in [3.63, 3.8) is 0 Å². The van der Waals surface area contributed by atoms with E-state index >= 15 is 0 Å². The molecule has 2 atom stereocenters. The fourth-order valence-electron chi connectivity index (χ4n) is 2.20. The highest BCUT2D eigenvalue weighted by Crippen LogP contribution is 2.29. The van der Waals surface area contributed by atoms with E-state index in [4.69, 9.17) is 14.2 Å². The fraction of sp³-hybridized carbons (Fsp3) is 0.471. The lowest BCUT2D eigenvalue weighted by atomic mass is 9.99. The molecule has 1 heterocycles. The maximum Gasteiger partial charge on any atom is 0.330 e. The van der Waals surface area contributed by atoms with Crippen molar-refractivity contribution in [1.29, 1.82) is 0 Å². The molecule has 0 N–H and O–H groups in total. The standard InChI is InChI=1S/C17H20F2O4/c1-3-16(23-10-12-9-22-12)14-7-11(18)8-15(19)13(14)5-6-17(20)21-4-2/h5-8,12,16H,3-4,9-10H2,1-2H3/t12-,16-/m1/s1. The first-order chi connectivity index (χ1) is 11.0. The van der Waals surface area contributed by atoms with Crippen LogP contribution >= 0.6 is 0 Å². The van der Waals surface area contributed by atoms with Crippen LogP contribution in [0.1, 0.15) is 37.5 Å². The maximum atomic E-state index is 14.1. The van der Waals surface area contributed by atoms with Gasteiger partial charge in [-0.05, 0) is 31.1 Å². The second-order valence-corrected chi connectivity index (χ2v) is 5.16. The van der Waals surface area contributed by atoms with Crippen molar-refractivity contribution >= 4 is 12.0 Å². The average Bonchev–Trinajstić information content (AvgIpc) is 3.31. The van der Waals surface area contributed by atoms with E-state index in [-0.39, 0.29) is 18.3 Å². The minimum absolute atomic E-state index is 0.0565. The summed E-state index contributed by atoms with van der Waals surface area (Å²) in [4.78, 5) is 11.4. The van der Waals surface area contributed by atoms with Crippen molar-refractivity contribution in [3.05, 3.63) is 41.0 Å². The zero-order valence-corrected chi connectivity index (χ0v) is 13.2. The highest BCUT2D eigenvalue weighted by atomic mass is 19.1. The van der Waals surface area contributed by atoms with Crippen LogP contribution in [0.4, 0.5) is 8.78 Å². The van der Waals surface area contributed by atoms with Gasteiger partial charge in [0.15, 0.2) is 0 Å². The number of ether oxygens (including phenoxy) is 3. The Labute approximate surface area is 134 Å². The normalized spacial score (nSPS) is 18.2. The minimum atomic E-state index is -0.745. The van der Waals surface area contributed by atoms with Crippen LogP contribution in [-0.2, 0) is 19.0 Å². The highest BCUT2D eigenvalue weighted by Gasteiger charge is 2.25. The molecule has 0 saturated carbocycles. The molecule has 2 rings (SSSR count). The van der Waals surface area contributed by atoms with Crippen molar-refractivity contribution < 1.29 is 27.8 Å². The first-order valence-corrected chi connectivity index (χ1v) is 7.62. The Hall–Kier alpha value is -1.79. The number of rotatable bonds is 8. The van der Waals surface area contributed by atoms with Crippen LogP contribution in [0.3, 0.4) is 0 Å². The summed E-state index contributed by atoms with van der Waals surface area (Å²) in [6.45, 7) is 4.78. The van der Waals surface area contributed by atoms with E-state index in [2.05, 4.69) is 0 Å². The molecule has 1 aromatic rings. The van der Waals surface area contributed by atoms with Gasteiger partial charge in [-0.1, -0.05) is 6.92 Å². The number of carbonyl (C=O) groups is 1. The number of halogens is 2. The molecular formula is C17H20F2O4. The third-order valence-corrected chi connectivity index (χ3v) is 3.40. The number of hydrogen-bond donors (Lipinski definition) is 0. The van der Waals surface area contributed by atoms with Crippen LogP contribution in [0.2, 0.25) is 0 Å². The van der Waals surface area contributed by atoms with Crippen LogP contribution < -0.4 is 0 Å². The van der Waals surface area contributed by atoms with Crippen LogP contribution in [-0.4, -0.2) is 31.9 Å². The second-order valence-electron chi connectivity index (χ2n) is 5.16. The zero-order chi connectivity index (χ0) is 16.8. The summed E-state index contributed by atoms with van der Waals surface area (Å²) >= 11 is 0. The predicted octanol–water partition coefficient (Wildman–Crippen LogP) is 3.41. The van der Waals surface area contributed by atoms with Crippen LogP contribution in [0.25, 0.3) is 6.08 Å². The van der Waals surface area contributed by atoms with Gasteiger partial charge in [-0.25, -0.2) is 13.6 Å². The Kier molecular flexibility index (Phi) is 6.24. The summed E-state index contributed by atoms with van der Waals surface area (Å²) in [5, 5.41) is 0. The largest absolute Gasteiger partial charge is 0.463 e. The first-order valence-electron chi connectivity index (χ1n) is 7.62. The van der Waals surface area contributed by atoms with Crippen molar-refractivity contribution in [2.24, 2.45) is 0 Å². The van der Waals surface area contributed by atoms with Gasteiger partial charge in [0.1, 0.15) is 17.7 Å². The Morgan fingerprint density at radius 1 is 1.43 bits per heavy atom. The summed E-state index contributed by atoms with van der Waals surface area (Å²) in [6, 6.07) is 2.01. The SMILES string of the molecule is CCOC(=O)C=Cc1c(F)cc(F)cc1[C@@H](CC)OC[C@H]1CO1. The Bertz CT molecular complexity index is 582. The molecule has 1 aliphatic heterocycles. The van der Waals surface area contributed by atoms with Crippen LogP contribution in [0.15, 0.2) is 18.2 Å². The molecule has 0 spiro atoms. The molecule has 0 aliphatic carbocycles. The van der Waals surface area contributed by atoms with E-state index in [1.54, 1.807) is 6.92 Å². The van der Waals surface area contributed by atoms with Gasteiger partial charge >= 0.3 is 5.97 Å². The minimum Gasteiger partial charge on any atom is -0.463 e. The first kappa shape index (κ1) is 17.6. The van der Waals surface area contributed by atoms with Gasteiger partial charge in [-0.3, -0.25) is 0 Å². The van der Waals surface area contributed by atoms with Gasteiger partial charge in [0.05, 0.1) is 25.9 Å². The number of carbonyl (C=O) groups excluding carboxylic acids is 1. The summed E-state index contributed by atoms with van der Waals surface area (Å²) in [5.41, 5.74) is 0.495. The van der Waals surface area contributed by atoms with Crippen molar-refractivity contribution in [2.75, 3.05) is 19.8 Å². The molecule has 4 nitrogen and oxygen atoms in total. The van der Waals surface area contributed by atoms with Crippen LogP contribution in [0, 0.1) is 11.6 Å². The Balaban J connectivity index is 2.25. The molecule has 0 unspecified atom stereocenters. The quantitative estimate of drug-likeness (QED) is 0.417. The lowest BCUT2D eigenvalue weighted by Crippen LogP contribution is -2.11. The molecule has 23 heavy (non-hydrogen) atoms. The third kappa shape index (κ3) is 5.11. The molecule has 126 valence electrons. The molecule has 1 aromatic carbocycles. The topological polar surface area (TPSA) is 48.1 Å². The van der Waals surface area contributed by atoms with Gasteiger partial charge in [-0.15, -0.1) is 0 Å². The summed E-state index contributed by atoms with van der Waals surface area (Å²) in [6.07, 6.45) is 2.53. The van der Waals surface area contributed by atoms with Crippen LogP contribution in [0.5, 0.6) is 0 Å². The number of hydrogen-bond acceptors (Lipinski definition) is 4. The van der Waals surface area contributed by atoms with Crippen molar-refractivity contribution in [1.82, 2.24) is 0 Å². The van der Waals surface area contributed by atoms with E-state index in [1.165, 1.54) is 12.1 Å². The molecule has 0 amide bonds. The van der Waals surface area contributed by atoms with E-state index in [0.29, 0.717) is 25.2 Å².